The van der Waals surface area contributed by atoms with Crippen LogP contribution in [0.5, 0.6) is 0 Å². The SMILES string of the molecule is CCCc1nnc(NC(=O)c2cc(-c3ccc(Cl)c(Cl)c3)oc2C)s1. The van der Waals surface area contributed by atoms with Crippen molar-refractivity contribution in [2.24, 2.45) is 0 Å². The number of hydrogen-bond donors (Lipinski definition) is 1. The van der Waals surface area contributed by atoms with Gasteiger partial charge in [0.2, 0.25) is 5.13 Å². The maximum Gasteiger partial charge on any atom is 0.261 e. The second-order valence-corrected chi connectivity index (χ2v) is 7.29. The van der Waals surface area contributed by atoms with Gasteiger partial charge in [-0.3, -0.25) is 10.1 Å². The van der Waals surface area contributed by atoms with Gasteiger partial charge in [0, 0.05) is 12.0 Å². The number of carbonyl (C=O) groups is 1. The van der Waals surface area contributed by atoms with Crippen molar-refractivity contribution in [3.63, 3.8) is 0 Å². The van der Waals surface area contributed by atoms with Gasteiger partial charge in [0.25, 0.3) is 5.91 Å². The lowest BCUT2D eigenvalue weighted by Gasteiger charge is -1.99. The van der Waals surface area contributed by atoms with Crippen LogP contribution in [0.25, 0.3) is 11.3 Å². The van der Waals surface area contributed by atoms with Crippen molar-refractivity contribution >= 4 is 45.6 Å². The van der Waals surface area contributed by atoms with Gasteiger partial charge in [-0.15, -0.1) is 10.2 Å². The third-order valence-corrected chi connectivity index (χ3v) is 5.16. The average Bonchev–Trinajstić information content (AvgIpc) is 3.17. The molecule has 0 aliphatic rings. The Hall–Kier alpha value is -1.89. The van der Waals surface area contributed by atoms with Gasteiger partial charge in [-0.1, -0.05) is 41.5 Å². The Labute approximate surface area is 159 Å². The number of rotatable bonds is 5. The third kappa shape index (κ3) is 4.03. The first kappa shape index (κ1) is 17.9. The number of nitrogens with one attached hydrogen (secondary N) is 1. The Bertz CT molecular complexity index is 921. The molecule has 0 radical (unpaired) electrons. The smallest absolute Gasteiger partial charge is 0.261 e. The highest BCUT2D eigenvalue weighted by Gasteiger charge is 2.18. The molecule has 0 saturated heterocycles. The Kier molecular flexibility index (Phi) is 5.42. The lowest BCUT2D eigenvalue weighted by atomic mass is 10.1. The second-order valence-electron chi connectivity index (χ2n) is 5.41. The molecule has 5 nitrogen and oxygen atoms in total. The van der Waals surface area contributed by atoms with Crippen molar-refractivity contribution in [2.45, 2.75) is 26.7 Å². The zero-order valence-corrected chi connectivity index (χ0v) is 15.9. The number of hydrogen-bond acceptors (Lipinski definition) is 5. The van der Waals surface area contributed by atoms with E-state index >= 15 is 0 Å². The standard InChI is InChI=1S/C17H15Cl2N3O2S/c1-3-4-15-21-22-17(25-15)20-16(23)11-8-14(24-9(11)2)10-5-6-12(18)13(19)7-10/h5-8H,3-4H2,1-2H3,(H,20,22,23). The van der Waals surface area contributed by atoms with Crippen molar-refractivity contribution < 1.29 is 9.21 Å². The average molecular weight is 396 g/mol. The van der Waals surface area contributed by atoms with Gasteiger partial charge in [-0.25, -0.2) is 0 Å². The Balaban J connectivity index is 1.81. The van der Waals surface area contributed by atoms with Crippen LogP contribution in [0.1, 0.15) is 34.5 Å². The molecular formula is C17H15Cl2N3O2S. The molecule has 25 heavy (non-hydrogen) atoms. The molecule has 1 aromatic carbocycles. The monoisotopic (exact) mass is 395 g/mol. The molecule has 0 atom stereocenters. The summed E-state index contributed by atoms with van der Waals surface area (Å²) in [5, 5.41) is 13.1. The third-order valence-electron chi connectivity index (χ3n) is 3.52. The number of benzene rings is 1. The zero-order chi connectivity index (χ0) is 18.0. The van der Waals surface area contributed by atoms with Gasteiger partial charge >= 0.3 is 0 Å². The molecule has 0 aliphatic heterocycles. The summed E-state index contributed by atoms with van der Waals surface area (Å²) in [6.45, 7) is 3.80. The van der Waals surface area contributed by atoms with Gasteiger partial charge in [-0.2, -0.15) is 0 Å². The van der Waals surface area contributed by atoms with E-state index in [4.69, 9.17) is 27.6 Å². The van der Waals surface area contributed by atoms with Crippen LogP contribution < -0.4 is 5.32 Å². The van der Waals surface area contributed by atoms with E-state index in [1.807, 2.05) is 0 Å². The zero-order valence-electron chi connectivity index (χ0n) is 13.6. The number of amides is 1. The van der Waals surface area contributed by atoms with E-state index in [9.17, 15) is 4.79 Å². The first-order valence-corrected chi connectivity index (χ1v) is 9.24. The highest BCUT2D eigenvalue weighted by molar-refractivity contribution is 7.15. The Morgan fingerprint density at radius 1 is 1.24 bits per heavy atom. The first-order chi connectivity index (χ1) is 12.0. The number of halogens is 2. The van der Waals surface area contributed by atoms with Crippen LogP contribution in [0.4, 0.5) is 5.13 Å². The maximum absolute atomic E-state index is 12.5. The van der Waals surface area contributed by atoms with E-state index in [-0.39, 0.29) is 5.91 Å². The molecule has 1 amide bonds. The van der Waals surface area contributed by atoms with E-state index in [0.29, 0.717) is 32.3 Å². The number of carbonyl (C=O) groups excluding carboxylic acids is 1. The van der Waals surface area contributed by atoms with E-state index in [1.54, 1.807) is 31.2 Å². The summed E-state index contributed by atoms with van der Waals surface area (Å²) < 4.78 is 5.70. The predicted molar refractivity (Wildman–Crippen MR) is 101 cm³/mol. The molecule has 1 N–H and O–H groups in total. The van der Waals surface area contributed by atoms with E-state index in [2.05, 4.69) is 22.4 Å². The lowest BCUT2D eigenvalue weighted by molar-refractivity contribution is 0.102. The van der Waals surface area contributed by atoms with Crippen molar-refractivity contribution in [2.75, 3.05) is 5.32 Å². The Morgan fingerprint density at radius 3 is 2.76 bits per heavy atom. The number of anilines is 1. The normalized spacial score (nSPS) is 10.9. The molecule has 0 fully saturated rings. The van der Waals surface area contributed by atoms with Crippen LogP contribution in [0.2, 0.25) is 10.0 Å². The van der Waals surface area contributed by atoms with Gasteiger partial charge in [0.1, 0.15) is 16.5 Å². The highest BCUT2D eigenvalue weighted by atomic mass is 35.5. The molecule has 2 heterocycles. The molecular weight excluding hydrogens is 381 g/mol. The van der Waals surface area contributed by atoms with Gasteiger partial charge in [0.15, 0.2) is 0 Å². The molecule has 0 aliphatic carbocycles. The number of nitrogens with zero attached hydrogens (tertiary/aromatic N) is 2. The fraction of sp³-hybridized carbons (Fsp3) is 0.235. The summed E-state index contributed by atoms with van der Waals surface area (Å²) in [6.07, 6.45) is 1.83. The van der Waals surface area contributed by atoms with Crippen LogP contribution in [0.3, 0.4) is 0 Å². The van der Waals surface area contributed by atoms with E-state index in [0.717, 1.165) is 23.4 Å². The van der Waals surface area contributed by atoms with E-state index < -0.39 is 0 Å². The molecule has 2 aromatic heterocycles. The molecule has 3 rings (SSSR count). The summed E-state index contributed by atoms with van der Waals surface area (Å²) >= 11 is 13.3. The summed E-state index contributed by atoms with van der Waals surface area (Å²) in [7, 11) is 0. The summed E-state index contributed by atoms with van der Waals surface area (Å²) in [5.41, 5.74) is 1.19. The van der Waals surface area contributed by atoms with Crippen LogP contribution in [-0.2, 0) is 6.42 Å². The van der Waals surface area contributed by atoms with Gasteiger partial charge in [-0.05, 0) is 37.6 Å². The van der Waals surface area contributed by atoms with Crippen molar-refractivity contribution in [3.8, 4) is 11.3 Å². The van der Waals surface area contributed by atoms with Crippen molar-refractivity contribution in [1.29, 1.82) is 0 Å². The fourth-order valence-electron chi connectivity index (χ4n) is 2.28. The van der Waals surface area contributed by atoms with Crippen molar-refractivity contribution in [1.82, 2.24) is 10.2 Å². The maximum atomic E-state index is 12.5. The van der Waals surface area contributed by atoms with Gasteiger partial charge in [0.05, 0.1) is 15.6 Å². The molecule has 0 spiro atoms. The minimum Gasteiger partial charge on any atom is -0.461 e. The number of aryl methyl sites for hydroxylation is 2. The van der Waals surface area contributed by atoms with Crippen LogP contribution >= 0.6 is 34.5 Å². The quantitative estimate of drug-likeness (QED) is 0.608. The molecule has 8 heteroatoms. The number of furan rings is 1. The minimum absolute atomic E-state index is 0.285. The Morgan fingerprint density at radius 2 is 2.04 bits per heavy atom. The van der Waals surface area contributed by atoms with Crippen LogP contribution in [0.15, 0.2) is 28.7 Å². The molecule has 0 unspecified atom stereocenters. The summed E-state index contributed by atoms with van der Waals surface area (Å²) in [4.78, 5) is 12.5. The topological polar surface area (TPSA) is 68.0 Å². The molecule has 130 valence electrons. The second kappa shape index (κ2) is 7.56. The fourth-order valence-corrected chi connectivity index (χ4v) is 3.42. The van der Waals surface area contributed by atoms with Crippen LogP contribution in [0, 0.1) is 6.92 Å². The molecule has 0 saturated carbocycles. The van der Waals surface area contributed by atoms with Crippen molar-refractivity contribution in [3.05, 3.63) is 50.6 Å². The van der Waals surface area contributed by atoms with E-state index in [1.165, 1.54) is 11.3 Å². The first-order valence-electron chi connectivity index (χ1n) is 7.67. The summed E-state index contributed by atoms with van der Waals surface area (Å²) in [5.74, 6) is 0.772. The molecule has 0 bridgehead atoms. The molecule has 3 aromatic rings. The highest BCUT2D eigenvalue weighted by Crippen LogP contribution is 2.31. The number of aromatic nitrogens is 2. The van der Waals surface area contributed by atoms with Crippen LogP contribution in [-0.4, -0.2) is 16.1 Å². The minimum atomic E-state index is -0.285. The largest absolute Gasteiger partial charge is 0.461 e. The summed E-state index contributed by atoms with van der Waals surface area (Å²) in [6, 6.07) is 6.85. The lowest BCUT2D eigenvalue weighted by Crippen LogP contribution is -2.11. The van der Waals surface area contributed by atoms with Gasteiger partial charge < -0.3 is 4.42 Å². The predicted octanol–water partition coefficient (Wildman–Crippen LogP) is 5.62.